The maximum absolute atomic E-state index is 6.16. The van der Waals surface area contributed by atoms with Crippen molar-refractivity contribution in [3.8, 4) is 11.3 Å². The van der Waals surface area contributed by atoms with Gasteiger partial charge in [-0.05, 0) is 24.1 Å². The lowest BCUT2D eigenvalue weighted by Crippen LogP contribution is -2.04. The fraction of sp³-hybridized carbons (Fsp3) is 0.308. The van der Waals surface area contributed by atoms with Crippen LogP contribution in [-0.4, -0.2) is 9.78 Å². The molecule has 0 atom stereocenters. The highest BCUT2D eigenvalue weighted by molar-refractivity contribution is 6.36. The van der Waals surface area contributed by atoms with Gasteiger partial charge < -0.3 is 5.73 Å². The Kier molecular flexibility index (Phi) is 3.83. The van der Waals surface area contributed by atoms with Crippen molar-refractivity contribution in [3.63, 3.8) is 0 Å². The van der Waals surface area contributed by atoms with Crippen LogP contribution in [0.2, 0.25) is 10.0 Å². The van der Waals surface area contributed by atoms with Gasteiger partial charge in [0.15, 0.2) is 0 Å². The maximum atomic E-state index is 6.16. The van der Waals surface area contributed by atoms with Crippen molar-refractivity contribution in [2.75, 3.05) is 5.73 Å². The van der Waals surface area contributed by atoms with Crippen LogP contribution in [0.4, 0.5) is 5.69 Å². The zero-order chi connectivity index (χ0) is 13.3. The summed E-state index contributed by atoms with van der Waals surface area (Å²) in [6.45, 7) is 5.09. The van der Waals surface area contributed by atoms with Gasteiger partial charge in [0, 0.05) is 23.3 Å². The van der Waals surface area contributed by atoms with Crippen molar-refractivity contribution in [1.82, 2.24) is 9.78 Å². The molecule has 0 aliphatic heterocycles. The van der Waals surface area contributed by atoms with Gasteiger partial charge >= 0.3 is 0 Å². The van der Waals surface area contributed by atoms with E-state index >= 15 is 0 Å². The van der Waals surface area contributed by atoms with E-state index in [2.05, 4.69) is 18.9 Å². The van der Waals surface area contributed by atoms with E-state index < -0.39 is 0 Å². The molecule has 3 nitrogen and oxygen atoms in total. The van der Waals surface area contributed by atoms with Crippen LogP contribution in [0.3, 0.4) is 0 Å². The molecule has 0 bridgehead atoms. The number of nitrogens with two attached hydrogens (primary N) is 1. The molecule has 0 aliphatic rings. The van der Waals surface area contributed by atoms with Gasteiger partial charge in [-0.1, -0.05) is 37.0 Å². The van der Waals surface area contributed by atoms with Crippen LogP contribution in [0.25, 0.3) is 11.3 Å². The quantitative estimate of drug-likeness (QED) is 0.922. The van der Waals surface area contributed by atoms with Gasteiger partial charge in [-0.3, -0.25) is 4.68 Å². The lowest BCUT2D eigenvalue weighted by Gasteiger charge is -2.04. The third kappa shape index (κ3) is 2.79. The number of anilines is 1. The highest BCUT2D eigenvalue weighted by Gasteiger charge is 2.12. The first-order valence-electron chi connectivity index (χ1n) is 5.75. The number of benzene rings is 1. The van der Waals surface area contributed by atoms with Crippen LogP contribution in [0.15, 0.2) is 24.4 Å². The standard InChI is InChI=1S/C13H15Cl2N3/c1-8(2)6-18-7-12(16)13(17-18)10-4-3-9(14)5-11(10)15/h3-5,7-8H,6,16H2,1-2H3. The predicted molar refractivity (Wildman–Crippen MR) is 76.9 cm³/mol. The Labute approximate surface area is 117 Å². The van der Waals surface area contributed by atoms with Gasteiger partial charge in [0.1, 0.15) is 5.69 Å². The van der Waals surface area contributed by atoms with Gasteiger partial charge in [-0.25, -0.2) is 0 Å². The molecule has 1 aromatic heterocycles. The summed E-state index contributed by atoms with van der Waals surface area (Å²) in [7, 11) is 0. The Bertz CT molecular complexity index is 561. The second-order valence-electron chi connectivity index (χ2n) is 4.67. The molecule has 1 heterocycles. The van der Waals surface area contributed by atoms with E-state index in [0.29, 0.717) is 27.3 Å². The molecule has 2 N–H and O–H groups in total. The topological polar surface area (TPSA) is 43.8 Å². The van der Waals surface area contributed by atoms with Gasteiger partial charge in [0.25, 0.3) is 0 Å². The fourth-order valence-electron chi connectivity index (χ4n) is 1.80. The Morgan fingerprint density at radius 1 is 1.33 bits per heavy atom. The number of nitrogen functional groups attached to an aromatic ring is 1. The minimum atomic E-state index is 0.512. The second kappa shape index (κ2) is 5.21. The Balaban J connectivity index is 2.41. The fourth-order valence-corrected chi connectivity index (χ4v) is 2.29. The average Bonchev–Trinajstić information content (AvgIpc) is 2.58. The Morgan fingerprint density at radius 2 is 2.06 bits per heavy atom. The number of aromatic nitrogens is 2. The van der Waals surface area contributed by atoms with Gasteiger partial charge in [0.05, 0.1) is 10.7 Å². The molecular formula is C13H15Cl2N3. The van der Waals surface area contributed by atoms with Gasteiger partial charge in [-0.2, -0.15) is 5.10 Å². The summed E-state index contributed by atoms with van der Waals surface area (Å²) >= 11 is 12.0. The zero-order valence-electron chi connectivity index (χ0n) is 10.3. The van der Waals surface area contributed by atoms with Gasteiger partial charge in [-0.15, -0.1) is 0 Å². The van der Waals surface area contributed by atoms with E-state index in [0.717, 1.165) is 12.1 Å². The summed E-state index contributed by atoms with van der Waals surface area (Å²) in [6, 6.07) is 5.31. The maximum Gasteiger partial charge on any atom is 0.117 e. The van der Waals surface area contributed by atoms with Crippen LogP contribution in [0, 0.1) is 5.92 Å². The molecular weight excluding hydrogens is 269 g/mol. The summed E-state index contributed by atoms with van der Waals surface area (Å²) < 4.78 is 1.85. The molecule has 0 spiro atoms. The molecule has 0 saturated carbocycles. The summed E-state index contributed by atoms with van der Waals surface area (Å²) in [6.07, 6.45) is 1.83. The number of hydrogen-bond acceptors (Lipinski definition) is 2. The third-order valence-electron chi connectivity index (χ3n) is 2.53. The molecule has 0 amide bonds. The Morgan fingerprint density at radius 3 is 2.67 bits per heavy atom. The second-order valence-corrected chi connectivity index (χ2v) is 5.52. The number of rotatable bonds is 3. The summed E-state index contributed by atoms with van der Waals surface area (Å²) in [5.74, 6) is 0.512. The number of halogens is 2. The molecule has 18 heavy (non-hydrogen) atoms. The van der Waals surface area contributed by atoms with Crippen molar-refractivity contribution in [3.05, 3.63) is 34.4 Å². The third-order valence-corrected chi connectivity index (χ3v) is 3.08. The van der Waals surface area contributed by atoms with Crippen LogP contribution in [0.5, 0.6) is 0 Å². The van der Waals surface area contributed by atoms with Crippen molar-refractivity contribution in [1.29, 1.82) is 0 Å². The minimum absolute atomic E-state index is 0.512. The molecule has 2 aromatic rings. The molecule has 0 unspecified atom stereocenters. The summed E-state index contributed by atoms with van der Waals surface area (Å²) in [5, 5.41) is 5.63. The lowest BCUT2D eigenvalue weighted by atomic mass is 10.1. The van der Waals surface area contributed by atoms with Crippen LogP contribution >= 0.6 is 23.2 Å². The number of nitrogens with zero attached hydrogens (tertiary/aromatic N) is 2. The molecule has 0 saturated heterocycles. The van der Waals surface area contributed by atoms with Crippen molar-refractivity contribution >= 4 is 28.9 Å². The monoisotopic (exact) mass is 283 g/mol. The summed E-state index contributed by atoms with van der Waals surface area (Å²) in [4.78, 5) is 0. The molecule has 96 valence electrons. The number of hydrogen-bond donors (Lipinski definition) is 1. The van der Waals surface area contributed by atoms with Crippen LogP contribution in [-0.2, 0) is 6.54 Å². The molecule has 2 rings (SSSR count). The van der Waals surface area contributed by atoms with E-state index in [1.165, 1.54) is 0 Å². The predicted octanol–water partition coefficient (Wildman–Crippen LogP) is 4.10. The Hall–Kier alpha value is -1.19. The highest BCUT2D eigenvalue weighted by Crippen LogP contribution is 2.32. The van der Waals surface area contributed by atoms with Crippen LogP contribution < -0.4 is 5.73 Å². The largest absolute Gasteiger partial charge is 0.396 e. The van der Waals surface area contributed by atoms with E-state index in [9.17, 15) is 0 Å². The first-order chi connectivity index (χ1) is 8.47. The van der Waals surface area contributed by atoms with Crippen molar-refractivity contribution in [2.45, 2.75) is 20.4 Å². The molecule has 1 aromatic carbocycles. The van der Waals surface area contributed by atoms with Crippen molar-refractivity contribution in [2.24, 2.45) is 5.92 Å². The zero-order valence-corrected chi connectivity index (χ0v) is 11.8. The normalized spacial score (nSPS) is 11.2. The van der Waals surface area contributed by atoms with E-state index in [4.69, 9.17) is 28.9 Å². The summed E-state index contributed by atoms with van der Waals surface area (Å²) in [5.41, 5.74) is 8.12. The molecule has 0 radical (unpaired) electrons. The average molecular weight is 284 g/mol. The van der Waals surface area contributed by atoms with Crippen LogP contribution in [0.1, 0.15) is 13.8 Å². The molecule has 0 aliphatic carbocycles. The highest BCUT2D eigenvalue weighted by atomic mass is 35.5. The van der Waals surface area contributed by atoms with E-state index in [1.54, 1.807) is 12.1 Å². The lowest BCUT2D eigenvalue weighted by molar-refractivity contribution is 0.484. The minimum Gasteiger partial charge on any atom is -0.396 e. The van der Waals surface area contributed by atoms with Gasteiger partial charge in [0.2, 0.25) is 0 Å². The smallest absolute Gasteiger partial charge is 0.117 e. The van der Waals surface area contributed by atoms with Crippen molar-refractivity contribution < 1.29 is 0 Å². The van der Waals surface area contributed by atoms with E-state index in [-0.39, 0.29) is 0 Å². The first-order valence-corrected chi connectivity index (χ1v) is 6.51. The molecule has 5 heteroatoms. The SMILES string of the molecule is CC(C)Cn1cc(N)c(-c2ccc(Cl)cc2Cl)n1. The first kappa shape index (κ1) is 13.2. The molecule has 0 fully saturated rings. The van der Waals surface area contributed by atoms with E-state index in [1.807, 2.05) is 16.9 Å².